The summed E-state index contributed by atoms with van der Waals surface area (Å²) in [6, 6.07) is 6.32. The second-order valence-corrected chi connectivity index (χ2v) is 5.28. The van der Waals surface area contributed by atoms with Crippen LogP contribution in [0.15, 0.2) is 34.9 Å². The third-order valence-electron chi connectivity index (χ3n) is 2.25. The van der Waals surface area contributed by atoms with Gasteiger partial charge in [-0.1, -0.05) is 29.3 Å². The van der Waals surface area contributed by atoms with E-state index in [0.29, 0.717) is 17.4 Å². The van der Waals surface area contributed by atoms with Crippen LogP contribution < -0.4 is 5.32 Å². The summed E-state index contributed by atoms with van der Waals surface area (Å²) in [5, 5.41) is 3.77. The highest BCUT2D eigenvalue weighted by atomic mass is 79.9. The highest BCUT2D eigenvalue weighted by Gasteiger charge is 2.04. The smallest absolute Gasteiger partial charge is 0.141 e. The number of pyridine rings is 1. The molecule has 0 saturated heterocycles. The number of benzene rings is 1. The first-order valence-corrected chi connectivity index (χ1v) is 6.60. The van der Waals surface area contributed by atoms with Gasteiger partial charge in [0.05, 0.1) is 14.5 Å². The summed E-state index contributed by atoms with van der Waals surface area (Å²) in [5.74, 6) is 0.242. The van der Waals surface area contributed by atoms with E-state index in [-0.39, 0.29) is 5.02 Å². The standard InChI is InChI=1S/C12H8BrCl2FN2/c13-9-4-8(14)6-18-12(9)17-5-7-1-2-11(16)10(15)3-7/h1-4,6H,5H2,(H,17,18). The Morgan fingerprint density at radius 1 is 1.28 bits per heavy atom. The molecule has 2 aromatic rings. The molecule has 1 aromatic carbocycles. The molecule has 6 heteroatoms. The zero-order valence-electron chi connectivity index (χ0n) is 9.05. The predicted molar refractivity (Wildman–Crippen MR) is 75.7 cm³/mol. The van der Waals surface area contributed by atoms with Gasteiger partial charge in [-0.2, -0.15) is 0 Å². The van der Waals surface area contributed by atoms with Crippen LogP contribution in [0.5, 0.6) is 0 Å². The van der Waals surface area contributed by atoms with Gasteiger partial charge in [-0.15, -0.1) is 0 Å². The Labute approximate surface area is 122 Å². The van der Waals surface area contributed by atoms with Gasteiger partial charge in [0.25, 0.3) is 0 Å². The highest BCUT2D eigenvalue weighted by molar-refractivity contribution is 9.10. The summed E-state index contributed by atoms with van der Waals surface area (Å²) < 4.78 is 13.8. The lowest BCUT2D eigenvalue weighted by Crippen LogP contribution is -2.02. The average molecular weight is 350 g/mol. The zero-order valence-corrected chi connectivity index (χ0v) is 12.2. The van der Waals surface area contributed by atoms with E-state index in [1.807, 2.05) is 0 Å². The number of aromatic nitrogens is 1. The van der Waals surface area contributed by atoms with E-state index in [1.54, 1.807) is 24.4 Å². The van der Waals surface area contributed by atoms with Gasteiger partial charge in [-0.3, -0.25) is 0 Å². The number of anilines is 1. The van der Waals surface area contributed by atoms with Gasteiger partial charge in [0.2, 0.25) is 0 Å². The molecule has 2 rings (SSSR count). The van der Waals surface area contributed by atoms with Crippen molar-refractivity contribution in [2.75, 3.05) is 5.32 Å². The van der Waals surface area contributed by atoms with Crippen LogP contribution in [0.3, 0.4) is 0 Å². The second kappa shape index (κ2) is 5.87. The summed E-state index contributed by atoms with van der Waals surface area (Å²) >= 11 is 14.8. The Morgan fingerprint density at radius 2 is 2.06 bits per heavy atom. The molecule has 0 aliphatic heterocycles. The van der Waals surface area contributed by atoms with Gasteiger partial charge in [0, 0.05) is 12.7 Å². The molecule has 18 heavy (non-hydrogen) atoms. The lowest BCUT2D eigenvalue weighted by Gasteiger charge is -2.08. The minimum atomic E-state index is -0.425. The normalized spacial score (nSPS) is 10.4. The summed E-state index contributed by atoms with van der Waals surface area (Å²) in [6.45, 7) is 0.493. The van der Waals surface area contributed by atoms with E-state index >= 15 is 0 Å². The Hall–Kier alpha value is -0.840. The molecule has 0 radical (unpaired) electrons. The van der Waals surface area contributed by atoms with Gasteiger partial charge >= 0.3 is 0 Å². The zero-order chi connectivity index (χ0) is 13.1. The van der Waals surface area contributed by atoms with Crippen molar-refractivity contribution in [1.29, 1.82) is 0 Å². The molecular formula is C12H8BrCl2FN2. The SMILES string of the molecule is Fc1ccc(CNc2ncc(Cl)cc2Br)cc1Cl. The van der Waals surface area contributed by atoms with Crippen molar-refractivity contribution in [2.24, 2.45) is 0 Å². The van der Waals surface area contributed by atoms with Crippen LogP contribution in [0.1, 0.15) is 5.56 Å². The Balaban J connectivity index is 2.09. The van der Waals surface area contributed by atoms with E-state index in [9.17, 15) is 4.39 Å². The van der Waals surface area contributed by atoms with Crippen LogP contribution in [0.25, 0.3) is 0 Å². The fraction of sp³-hybridized carbons (Fsp3) is 0.0833. The molecule has 1 N–H and O–H groups in total. The maximum Gasteiger partial charge on any atom is 0.141 e. The third kappa shape index (κ3) is 3.34. The molecule has 0 unspecified atom stereocenters. The Morgan fingerprint density at radius 3 is 2.72 bits per heavy atom. The molecule has 2 nitrogen and oxygen atoms in total. The molecule has 0 spiro atoms. The number of halogens is 4. The fourth-order valence-electron chi connectivity index (χ4n) is 1.38. The van der Waals surface area contributed by atoms with Crippen LogP contribution in [0.2, 0.25) is 10.0 Å². The maximum atomic E-state index is 13.0. The molecule has 1 aromatic heterocycles. The van der Waals surface area contributed by atoms with Gasteiger partial charge < -0.3 is 5.32 Å². The lowest BCUT2D eigenvalue weighted by molar-refractivity contribution is 0.627. The van der Waals surface area contributed by atoms with Crippen molar-refractivity contribution in [1.82, 2.24) is 4.98 Å². The number of nitrogens with zero attached hydrogens (tertiary/aromatic N) is 1. The van der Waals surface area contributed by atoms with Crippen molar-refractivity contribution >= 4 is 44.9 Å². The highest BCUT2D eigenvalue weighted by Crippen LogP contribution is 2.24. The second-order valence-electron chi connectivity index (χ2n) is 3.59. The van der Waals surface area contributed by atoms with Gasteiger partial charge in [0.1, 0.15) is 11.6 Å². The largest absolute Gasteiger partial charge is 0.365 e. The fourth-order valence-corrected chi connectivity index (χ4v) is 2.36. The van der Waals surface area contributed by atoms with Gasteiger partial charge in [-0.05, 0) is 39.7 Å². The average Bonchev–Trinajstić information content (AvgIpc) is 2.32. The summed E-state index contributed by atoms with van der Waals surface area (Å²) in [7, 11) is 0. The number of rotatable bonds is 3. The maximum absolute atomic E-state index is 13.0. The molecule has 94 valence electrons. The Bertz CT molecular complexity index is 578. The molecule has 0 bridgehead atoms. The molecular weight excluding hydrogens is 342 g/mol. The molecule has 0 atom stereocenters. The van der Waals surface area contributed by atoms with Crippen molar-refractivity contribution in [3.05, 3.63) is 56.4 Å². The molecule has 1 heterocycles. The minimum absolute atomic E-state index is 0.109. The van der Waals surface area contributed by atoms with Crippen LogP contribution in [-0.4, -0.2) is 4.98 Å². The molecule has 0 fully saturated rings. The van der Waals surface area contributed by atoms with Crippen molar-refractivity contribution in [2.45, 2.75) is 6.54 Å². The third-order valence-corrected chi connectivity index (χ3v) is 3.35. The number of hydrogen-bond donors (Lipinski definition) is 1. The quantitative estimate of drug-likeness (QED) is 0.852. The van der Waals surface area contributed by atoms with E-state index in [4.69, 9.17) is 23.2 Å². The topological polar surface area (TPSA) is 24.9 Å². The summed E-state index contributed by atoms with van der Waals surface area (Å²) in [4.78, 5) is 4.14. The van der Waals surface area contributed by atoms with Gasteiger partial charge in [-0.25, -0.2) is 9.37 Å². The van der Waals surface area contributed by atoms with Crippen molar-refractivity contribution < 1.29 is 4.39 Å². The van der Waals surface area contributed by atoms with Crippen molar-refractivity contribution in [3.63, 3.8) is 0 Å². The van der Waals surface area contributed by atoms with E-state index in [2.05, 4.69) is 26.2 Å². The first-order chi connectivity index (χ1) is 8.56. The minimum Gasteiger partial charge on any atom is -0.365 e. The lowest BCUT2D eigenvalue weighted by atomic mass is 10.2. The van der Waals surface area contributed by atoms with E-state index < -0.39 is 5.82 Å². The Kier molecular flexibility index (Phi) is 4.43. The van der Waals surface area contributed by atoms with Crippen LogP contribution in [0, 0.1) is 5.82 Å². The first-order valence-electron chi connectivity index (χ1n) is 5.05. The molecule has 0 aliphatic rings. The van der Waals surface area contributed by atoms with Crippen LogP contribution >= 0.6 is 39.1 Å². The van der Waals surface area contributed by atoms with Crippen LogP contribution in [-0.2, 0) is 6.54 Å². The van der Waals surface area contributed by atoms with Gasteiger partial charge in [0.15, 0.2) is 0 Å². The number of hydrogen-bond acceptors (Lipinski definition) is 2. The molecule has 0 aliphatic carbocycles. The molecule has 0 amide bonds. The van der Waals surface area contributed by atoms with E-state index in [1.165, 1.54) is 6.07 Å². The van der Waals surface area contributed by atoms with E-state index in [0.717, 1.165) is 10.0 Å². The monoisotopic (exact) mass is 348 g/mol. The summed E-state index contributed by atoms with van der Waals surface area (Å²) in [6.07, 6.45) is 1.55. The summed E-state index contributed by atoms with van der Waals surface area (Å²) in [5.41, 5.74) is 0.866. The van der Waals surface area contributed by atoms with Crippen molar-refractivity contribution in [3.8, 4) is 0 Å². The number of nitrogens with one attached hydrogen (secondary N) is 1. The van der Waals surface area contributed by atoms with Crippen LogP contribution in [0.4, 0.5) is 10.2 Å². The predicted octanol–water partition coefficient (Wildman–Crippen LogP) is 4.90. The first kappa shape index (κ1) is 13.6. The molecule has 0 saturated carbocycles.